The normalized spacial score (nSPS) is 13.0. The molecule has 0 saturated heterocycles. The van der Waals surface area contributed by atoms with E-state index in [0.717, 1.165) is 33.6 Å². The maximum absolute atomic E-state index is 11.7. The molecule has 0 bridgehead atoms. The lowest BCUT2D eigenvalue weighted by Crippen LogP contribution is -2.32. The summed E-state index contributed by atoms with van der Waals surface area (Å²) >= 11 is 8.17. The van der Waals surface area contributed by atoms with Gasteiger partial charge in [-0.05, 0) is 82.3 Å². The molecular weight excluding hydrogens is 566 g/mol. The largest absolute Gasteiger partial charge is 0.356 e. The molecule has 8 heteroatoms. The highest BCUT2D eigenvalue weighted by Gasteiger charge is 2.28. The standard InChI is InChI=1S/C34H28ClN3O3S/c1-21-15-22(12-14-36-21)24-16-25(32(31(35)17-24)42-33-23(19-39)7-6-13-37-33)18-38-34(40)41-20-30-28-10-4-2-8-26(28)27-9-3-5-11-29(27)30/h2-17,19,30,34,38,40H,18,20H2,1H3. The van der Waals surface area contributed by atoms with E-state index in [1.54, 1.807) is 24.5 Å². The number of hydrogen-bond acceptors (Lipinski definition) is 7. The van der Waals surface area contributed by atoms with E-state index in [0.29, 0.717) is 22.2 Å². The smallest absolute Gasteiger partial charge is 0.213 e. The lowest BCUT2D eigenvalue weighted by molar-refractivity contribution is -0.123. The maximum Gasteiger partial charge on any atom is 0.213 e. The molecule has 2 aromatic heterocycles. The van der Waals surface area contributed by atoms with Gasteiger partial charge in [0.15, 0.2) is 6.29 Å². The zero-order valence-electron chi connectivity index (χ0n) is 22.8. The third-order valence-electron chi connectivity index (χ3n) is 7.33. The van der Waals surface area contributed by atoms with Gasteiger partial charge in [-0.3, -0.25) is 15.1 Å². The lowest BCUT2D eigenvalue weighted by Gasteiger charge is -2.20. The zero-order valence-corrected chi connectivity index (χ0v) is 24.4. The summed E-state index contributed by atoms with van der Waals surface area (Å²) < 4.78 is 5.95. The number of hydrogen-bond donors (Lipinski definition) is 2. The van der Waals surface area contributed by atoms with Crippen molar-refractivity contribution in [3.05, 3.63) is 130 Å². The first-order valence-corrected chi connectivity index (χ1v) is 14.8. The first-order chi connectivity index (χ1) is 20.5. The number of rotatable bonds is 10. The molecule has 1 unspecified atom stereocenters. The number of pyridine rings is 2. The van der Waals surface area contributed by atoms with Crippen LogP contribution in [-0.2, 0) is 11.3 Å². The number of aldehydes is 1. The summed E-state index contributed by atoms with van der Waals surface area (Å²) in [7, 11) is 0. The molecular formula is C34H28ClN3O3S. The summed E-state index contributed by atoms with van der Waals surface area (Å²) in [4.78, 5) is 21.1. The van der Waals surface area contributed by atoms with Gasteiger partial charge in [0.05, 0.1) is 11.6 Å². The average molecular weight is 594 g/mol. The number of aromatic nitrogens is 2. The second-order valence-electron chi connectivity index (χ2n) is 10.0. The molecule has 3 aromatic carbocycles. The molecule has 2 heterocycles. The van der Waals surface area contributed by atoms with Crippen LogP contribution in [0.1, 0.15) is 38.7 Å². The molecule has 1 aliphatic carbocycles. The van der Waals surface area contributed by atoms with Crippen molar-refractivity contribution in [2.24, 2.45) is 0 Å². The Hall–Kier alpha value is -3.85. The van der Waals surface area contributed by atoms with Crippen molar-refractivity contribution in [1.29, 1.82) is 0 Å². The van der Waals surface area contributed by atoms with E-state index < -0.39 is 6.41 Å². The van der Waals surface area contributed by atoms with Gasteiger partial charge in [0.1, 0.15) is 5.03 Å². The van der Waals surface area contributed by atoms with E-state index in [1.165, 1.54) is 34.0 Å². The van der Waals surface area contributed by atoms with E-state index in [-0.39, 0.29) is 12.5 Å². The number of ether oxygens (including phenoxy) is 1. The fourth-order valence-corrected chi connectivity index (χ4v) is 6.66. The van der Waals surface area contributed by atoms with Gasteiger partial charge < -0.3 is 9.84 Å². The molecule has 210 valence electrons. The Balaban J connectivity index is 1.23. The average Bonchev–Trinajstić information content (AvgIpc) is 3.34. The Labute approximate surface area is 253 Å². The van der Waals surface area contributed by atoms with Crippen LogP contribution < -0.4 is 5.32 Å². The monoisotopic (exact) mass is 593 g/mol. The topological polar surface area (TPSA) is 84.3 Å². The number of benzene rings is 3. The molecule has 0 aliphatic heterocycles. The molecule has 0 radical (unpaired) electrons. The number of carbonyl (C=O) groups excluding carboxylic acids is 1. The minimum Gasteiger partial charge on any atom is -0.356 e. The van der Waals surface area contributed by atoms with Gasteiger partial charge in [-0.15, -0.1) is 0 Å². The minimum atomic E-state index is -1.21. The van der Waals surface area contributed by atoms with Crippen LogP contribution in [0.3, 0.4) is 0 Å². The highest BCUT2D eigenvalue weighted by molar-refractivity contribution is 7.99. The zero-order chi connectivity index (χ0) is 29.1. The van der Waals surface area contributed by atoms with Crippen molar-refractivity contribution >= 4 is 29.6 Å². The van der Waals surface area contributed by atoms with Crippen LogP contribution in [0.15, 0.2) is 107 Å². The molecule has 0 amide bonds. The van der Waals surface area contributed by atoms with Crippen LogP contribution in [0.5, 0.6) is 0 Å². The van der Waals surface area contributed by atoms with Crippen molar-refractivity contribution in [3.8, 4) is 22.3 Å². The molecule has 0 fully saturated rings. The number of aliphatic hydroxyl groups is 1. The Morgan fingerprint density at radius 1 is 0.952 bits per heavy atom. The first-order valence-electron chi connectivity index (χ1n) is 13.6. The van der Waals surface area contributed by atoms with E-state index in [1.807, 2.05) is 55.5 Å². The second kappa shape index (κ2) is 12.6. The molecule has 6 rings (SSSR count). The van der Waals surface area contributed by atoms with Crippen molar-refractivity contribution in [3.63, 3.8) is 0 Å². The predicted molar refractivity (Wildman–Crippen MR) is 166 cm³/mol. The van der Waals surface area contributed by atoms with Gasteiger partial charge in [-0.1, -0.05) is 71.9 Å². The minimum absolute atomic E-state index is 0.0265. The highest BCUT2D eigenvalue weighted by Crippen LogP contribution is 2.44. The molecule has 42 heavy (non-hydrogen) atoms. The van der Waals surface area contributed by atoms with Gasteiger partial charge in [0.25, 0.3) is 0 Å². The number of fused-ring (bicyclic) bond motifs is 3. The summed E-state index contributed by atoms with van der Waals surface area (Å²) in [5, 5.41) is 15.1. The fourth-order valence-electron chi connectivity index (χ4n) is 5.35. The van der Waals surface area contributed by atoms with Gasteiger partial charge >= 0.3 is 0 Å². The molecule has 6 nitrogen and oxygen atoms in total. The fraction of sp³-hybridized carbons (Fsp3) is 0.147. The maximum atomic E-state index is 11.7. The van der Waals surface area contributed by atoms with Crippen molar-refractivity contribution in [1.82, 2.24) is 15.3 Å². The number of halogens is 1. The van der Waals surface area contributed by atoms with Crippen molar-refractivity contribution in [2.75, 3.05) is 6.61 Å². The predicted octanol–water partition coefficient (Wildman–Crippen LogP) is 7.26. The van der Waals surface area contributed by atoms with Crippen LogP contribution in [0, 0.1) is 6.92 Å². The SMILES string of the molecule is Cc1cc(-c2cc(Cl)c(Sc3ncccc3C=O)c(CNC(O)OCC3c4ccccc4-c4ccccc43)c2)ccn1. The van der Waals surface area contributed by atoms with Crippen LogP contribution in [0.4, 0.5) is 0 Å². The molecule has 0 spiro atoms. The summed E-state index contributed by atoms with van der Waals surface area (Å²) in [6.07, 6.45) is 2.98. The summed E-state index contributed by atoms with van der Waals surface area (Å²) in [6.45, 7) is 2.52. The molecule has 2 N–H and O–H groups in total. The Kier molecular flexibility index (Phi) is 8.46. The molecule has 1 aliphatic rings. The number of nitrogens with one attached hydrogen (secondary N) is 1. The number of aryl methyl sites for hydroxylation is 1. The van der Waals surface area contributed by atoms with Gasteiger partial charge in [0.2, 0.25) is 6.41 Å². The third kappa shape index (κ3) is 5.88. The van der Waals surface area contributed by atoms with E-state index in [2.05, 4.69) is 39.6 Å². The molecule has 1 atom stereocenters. The Morgan fingerprint density at radius 3 is 2.40 bits per heavy atom. The number of carbonyl (C=O) groups is 1. The van der Waals surface area contributed by atoms with Crippen LogP contribution in [0.25, 0.3) is 22.3 Å². The highest BCUT2D eigenvalue weighted by atomic mass is 35.5. The van der Waals surface area contributed by atoms with Crippen LogP contribution >= 0.6 is 23.4 Å². The van der Waals surface area contributed by atoms with Gasteiger partial charge in [-0.2, -0.15) is 0 Å². The second-order valence-corrected chi connectivity index (χ2v) is 11.4. The molecule has 0 saturated carbocycles. The van der Waals surface area contributed by atoms with E-state index in [9.17, 15) is 9.90 Å². The van der Waals surface area contributed by atoms with Crippen LogP contribution in [-0.4, -0.2) is 34.4 Å². The quantitative estimate of drug-likeness (QED) is 0.130. The lowest BCUT2D eigenvalue weighted by atomic mass is 9.98. The van der Waals surface area contributed by atoms with Gasteiger partial charge in [0, 0.05) is 41.0 Å². The van der Waals surface area contributed by atoms with E-state index >= 15 is 0 Å². The van der Waals surface area contributed by atoms with Crippen molar-refractivity contribution in [2.45, 2.75) is 35.7 Å². The van der Waals surface area contributed by atoms with E-state index in [4.69, 9.17) is 16.3 Å². The van der Waals surface area contributed by atoms with Crippen LogP contribution in [0.2, 0.25) is 5.02 Å². The third-order valence-corrected chi connectivity index (χ3v) is 8.96. The first kappa shape index (κ1) is 28.3. The Morgan fingerprint density at radius 2 is 1.69 bits per heavy atom. The summed E-state index contributed by atoms with van der Waals surface area (Å²) in [5.74, 6) is 0.0265. The molecule has 5 aromatic rings. The number of aliphatic hydroxyl groups excluding tert-OH is 1. The Bertz CT molecular complexity index is 1720. The number of nitrogens with zero attached hydrogens (tertiary/aromatic N) is 2. The van der Waals surface area contributed by atoms with Crippen molar-refractivity contribution < 1.29 is 14.6 Å². The summed E-state index contributed by atoms with van der Waals surface area (Å²) in [5.41, 5.74) is 8.88. The summed E-state index contributed by atoms with van der Waals surface area (Å²) in [6, 6.07) is 27.9. The van der Waals surface area contributed by atoms with Gasteiger partial charge in [-0.25, -0.2) is 4.98 Å².